The number of imidazole rings is 1. The Bertz CT molecular complexity index is 781. The highest BCUT2D eigenvalue weighted by Crippen LogP contribution is 2.27. The van der Waals surface area contributed by atoms with E-state index < -0.39 is 6.36 Å². The van der Waals surface area contributed by atoms with Crippen LogP contribution in [0.25, 0.3) is 16.9 Å². The molecule has 0 aliphatic carbocycles. The summed E-state index contributed by atoms with van der Waals surface area (Å²) in [5.74, 6) is -0.254. The summed E-state index contributed by atoms with van der Waals surface area (Å²) in [7, 11) is 0. The van der Waals surface area contributed by atoms with Gasteiger partial charge in [-0.1, -0.05) is 0 Å². The Balaban J connectivity index is 1.94. The summed E-state index contributed by atoms with van der Waals surface area (Å²) < 4.78 is 42.8. The highest BCUT2D eigenvalue weighted by molar-refractivity contribution is 9.10. The largest absolute Gasteiger partial charge is 0.573 e. The maximum atomic E-state index is 12.1. The lowest BCUT2D eigenvalue weighted by Gasteiger charge is -2.08. The lowest BCUT2D eigenvalue weighted by molar-refractivity contribution is -0.274. The van der Waals surface area contributed by atoms with Gasteiger partial charge >= 0.3 is 6.36 Å². The van der Waals surface area contributed by atoms with Gasteiger partial charge in [0.1, 0.15) is 5.75 Å². The number of ether oxygens (including phenoxy) is 1. The Labute approximate surface area is 126 Å². The van der Waals surface area contributed by atoms with Gasteiger partial charge in [-0.05, 0) is 52.3 Å². The SMILES string of the molecule is FC(F)(F)Oc1ccc(-c2cn3cccc(Br)c3n2)cc1. The van der Waals surface area contributed by atoms with Crippen LogP contribution in [-0.4, -0.2) is 15.7 Å². The van der Waals surface area contributed by atoms with Crippen molar-refractivity contribution in [2.45, 2.75) is 6.36 Å². The predicted octanol–water partition coefficient (Wildman–Crippen LogP) is 4.66. The lowest BCUT2D eigenvalue weighted by Crippen LogP contribution is -2.16. The van der Waals surface area contributed by atoms with E-state index in [1.165, 1.54) is 24.3 Å². The normalized spacial score (nSPS) is 11.8. The topological polar surface area (TPSA) is 26.5 Å². The van der Waals surface area contributed by atoms with E-state index in [0.717, 1.165) is 10.1 Å². The number of hydrogen-bond acceptors (Lipinski definition) is 2. The predicted molar refractivity (Wildman–Crippen MR) is 75.0 cm³/mol. The molecular formula is C14H8BrF3N2O. The smallest absolute Gasteiger partial charge is 0.406 e. The minimum absolute atomic E-state index is 0.254. The van der Waals surface area contributed by atoms with Crippen LogP contribution in [0, 0.1) is 0 Å². The first-order valence-corrected chi connectivity index (χ1v) is 6.71. The van der Waals surface area contributed by atoms with Crippen molar-refractivity contribution >= 4 is 21.6 Å². The molecular weight excluding hydrogens is 349 g/mol. The van der Waals surface area contributed by atoms with Crippen molar-refractivity contribution in [1.29, 1.82) is 0 Å². The number of fused-ring (bicyclic) bond motifs is 1. The van der Waals surface area contributed by atoms with Gasteiger partial charge in [-0.2, -0.15) is 0 Å². The molecule has 2 heterocycles. The molecule has 21 heavy (non-hydrogen) atoms. The number of pyridine rings is 1. The number of alkyl halides is 3. The second-order valence-electron chi connectivity index (χ2n) is 4.29. The Morgan fingerprint density at radius 3 is 2.43 bits per heavy atom. The molecule has 2 aromatic heterocycles. The van der Waals surface area contributed by atoms with Crippen LogP contribution in [0.3, 0.4) is 0 Å². The van der Waals surface area contributed by atoms with Gasteiger partial charge in [0.2, 0.25) is 0 Å². The van der Waals surface area contributed by atoms with E-state index in [1.54, 1.807) is 6.20 Å². The molecule has 0 aliphatic rings. The molecule has 108 valence electrons. The maximum Gasteiger partial charge on any atom is 0.573 e. The van der Waals surface area contributed by atoms with Gasteiger partial charge in [-0.15, -0.1) is 13.2 Å². The molecule has 3 aromatic rings. The van der Waals surface area contributed by atoms with E-state index in [4.69, 9.17) is 0 Å². The summed E-state index contributed by atoms with van der Waals surface area (Å²) in [6, 6.07) is 9.34. The first kappa shape index (κ1) is 13.9. The van der Waals surface area contributed by atoms with Crippen molar-refractivity contribution < 1.29 is 17.9 Å². The van der Waals surface area contributed by atoms with Crippen molar-refractivity contribution in [2.75, 3.05) is 0 Å². The van der Waals surface area contributed by atoms with Crippen LogP contribution in [0.5, 0.6) is 5.75 Å². The van der Waals surface area contributed by atoms with Gasteiger partial charge in [0.05, 0.1) is 10.2 Å². The van der Waals surface area contributed by atoms with E-state index in [1.807, 2.05) is 22.7 Å². The fourth-order valence-corrected chi connectivity index (χ4v) is 2.39. The first-order chi connectivity index (χ1) is 9.92. The van der Waals surface area contributed by atoms with Gasteiger partial charge < -0.3 is 9.14 Å². The number of nitrogens with zero attached hydrogens (tertiary/aromatic N) is 2. The van der Waals surface area contributed by atoms with Crippen LogP contribution in [-0.2, 0) is 0 Å². The van der Waals surface area contributed by atoms with E-state index in [-0.39, 0.29) is 5.75 Å². The summed E-state index contributed by atoms with van der Waals surface area (Å²) >= 11 is 3.40. The summed E-state index contributed by atoms with van der Waals surface area (Å²) in [6.45, 7) is 0. The van der Waals surface area contributed by atoms with Crippen LogP contribution in [0.15, 0.2) is 53.3 Å². The van der Waals surface area contributed by atoms with Crippen molar-refractivity contribution in [2.24, 2.45) is 0 Å². The van der Waals surface area contributed by atoms with E-state index in [9.17, 15) is 13.2 Å². The lowest BCUT2D eigenvalue weighted by atomic mass is 10.2. The Hall–Kier alpha value is -2.02. The first-order valence-electron chi connectivity index (χ1n) is 5.92. The van der Waals surface area contributed by atoms with Gasteiger partial charge in [0, 0.05) is 18.0 Å². The number of aromatic nitrogens is 2. The second kappa shape index (κ2) is 5.07. The molecule has 0 atom stereocenters. The quantitative estimate of drug-likeness (QED) is 0.667. The van der Waals surface area contributed by atoms with Crippen LogP contribution in [0.1, 0.15) is 0 Å². The van der Waals surface area contributed by atoms with E-state index >= 15 is 0 Å². The maximum absolute atomic E-state index is 12.1. The molecule has 3 rings (SSSR count). The van der Waals surface area contributed by atoms with Crippen LogP contribution >= 0.6 is 15.9 Å². The van der Waals surface area contributed by atoms with Crippen LogP contribution in [0.4, 0.5) is 13.2 Å². The van der Waals surface area contributed by atoms with Gasteiger partial charge in [0.25, 0.3) is 0 Å². The molecule has 0 spiro atoms. The third-order valence-electron chi connectivity index (χ3n) is 2.82. The van der Waals surface area contributed by atoms with Gasteiger partial charge in [0.15, 0.2) is 5.65 Å². The average Bonchev–Trinajstić information content (AvgIpc) is 2.83. The van der Waals surface area contributed by atoms with Crippen molar-refractivity contribution in [3.63, 3.8) is 0 Å². The minimum atomic E-state index is -4.69. The molecule has 0 saturated carbocycles. The second-order valence-corrected chi connectivity index (χ2v) is 5.14. The third-order valence-corrected chi connectivity index (χ3v) is 3.44. The monoisotopic (exact) mass is 356 g/mol. The Morgan fingerprint density at radius 2 is 1.81 bits per heavy atom. The number of halogens is 4. The molecule has 0 fully saturated rings. The molecule has 0 radical (unpaired) electrons. The minimum Gasteiger partial charge on any atom is -0.406 e. The molecule has 0 bridgehead atoms. The molecule has 3 nitrogen and oxygen atoms in total. The number of rotatable bonds is 2. The van der Waals surface area contributed by atoms with Gasteiger partial charge in [-0.25, -0.2) is 4.98 Å². The third kappa shape index (κ3) is 3.02. The molecule has 0 unspecified atom stereocenters. The fraction of sp³-hybridized carbons (Fsp3) is 0.0714. The molecule has 0 N–H and O–H groups in total. The summed E-state index contributed by atoms with van der Waals surface area (Å²) in [5, 5.41) is 0. The number of benzene rings is 1. The number of hydrogen-bond donors (Lipinski definition) is 0. The molecule has 0 saturated heterocycles. The highest BCUT2D eigenvalue weighted by Gasteiger charge is 2.30. The summed E-state index contributed by atoms with van der Waals surface area (Å²) in [5.41, 5.74) is 2.11. The highest BCUT2D eigenvalue weighted by atomic mass is 79.9. The van der Waals surface area contributed by atoms with Crippen molar-refractivity contribution in [1.82, 2.24) is 9.38 Å². The van der Waals surface area contributed by atoms with Gasteiger partial charge in [-0.3, -0.25) is 0 Å². The van der Waals surface area contributed by atoms with Crippen LogP contribution in [0.2, 0.25) is 0 Å². The zero-order chi connectivity index (χ0) is 15.0. The Morgan fingerprint density at radius 1 is 1.10 bits per heavy atom. The average molecular weight is 357 g/mol. The van der Waals surface area contributed by atoms with Crippen LogP contribution < -0.4 is 4.74 Å². The zero-order valence-corrected chi connectivity index (χ0v) is 12.0. The van der Waals surface area contributed by atoms with E-state index in [0.29, 0.717) is 11.3 Å². The van der Waals surface area contributed by atoms with Crippen molar-refractivity contribution in [3.8, 4) is 17.0 Å². The summed E-state index contributed by atoms with van der Waals surface area (Å²) in [6.07, 6.45) is -1.03. The molecule has 0 aliphatic heterocycles. The van der Waals surface area contributed by atoms with Crippen molar-refractivity contribution in [3.05, 3.63) is 53.3 Å². The molecule has 0 amide bonds. The standard InChI is InChI=1S/C14H8BrF3N2O/c15-11-2-1-7-20-8-12(19-13(11)20)9-3-5-10(6-4-9)21-14(16,17)18/h1-8H. The Kier molecular flexibility index (Phi) is 3.36. The molecule has 7 heteroatoms. The molecule has 1 aromatic carbocycles. The zero-order valence-electron chi connectivity index (χ0n) is 10.4. The fourth-order valence-electron chi connectivity index (χ4n) is 1.95. The van der Waals surface area contributed by atoms with E-state index in [2.05, 4.69) is 25.7 Å². The summed E-state index contributed by atoms with van der Waals surface area (Å²) in [4.78, 5) is 4.44.